The van der Waals surface area contributed by atoms with Crippen LogP contribution in [0.15, 0.2) is 78.9 Å². The molecule has 0 N–H and O–H groups in total. The van der Waals surface area contributed by atoms with Crippen molar-refractivity contribution in [3.8, 4) is 11.8 Å². The molecule has 0 saturated carbocycles. The molecule has 0 amide bonds. The molecule has 0 aliphatic carbocycles. The van der Waals surface area contributed by atoms with Crippen LogP contribution in [0.25, 0.3) is 21.5 Å². The standard InChI is InChI=1S/C23H14O/c24-16-18-11-9-17(10-12-18)13-14-23-21-7-3-1-5-19(21)15-20-6-2-4-8-22(20)23/h1-12,15-16H. The summed E-state index contributed by atoms with van der Waals surface area (Å²) in [6.07, 6.45) is 0.843. The lowest BCUT2D eigenvalue weighted by Crippen LogP contribution is -1.85. The second kappa shape index (κ2) is 6.02. The summed E-state index contributed by atoms with van der Waals surface area (Å²) in [7, 11) is 0. The molecule has 0 aromatic heterocycles. The van der Waals surface area contributed by atoms with Gasteiger partial charge in [0.15, 0.2) is 0 Å². The maximum Gasteiger partial charge on any atom is 0.150 e. The molecule has 24 heavy (non-hydrogen) atoms. The highest BCUT2D eigenvalue weighted by Crippen LogP contribution is 2.27. The summed E-state index contributed by atoms with van der Waals surface area (Å²) >= 11 is 0. The van der Waals surface area contributed by atoms with Crippen molar-refractivity contribution in [3.63, 3.8) is 0 Å². The lowest BCUT2D eigenvalue weighted by molar-refractivity contribution is 0.112. The Morgan fingerprint density at radius 1 is 0.667 bits per heavy atom. The Morgan fingerprint density at radius 3 is 1.83 bits per heavy atom. The van der Waals surface area contributed by atoms with E-state index in [0.717, 1.165) is 28.2 Å². The van der Waals surface area contributed by atoms with Gasteiger partial charge in [-0.1, -0.05) is 72.5 Å². The molecule has 4 aromatic carbocycles. The summed E-state index contributed by atoms with van der Waals surface area (Å²) in [6.45, 7) is 0. The molecule has 4 rings (SSSR count). The molecule has 112 valence electrons. The largest absolute Gasteiger partial charge is 0.298 e. The van der Waals surface area contributed by atoms with Crippen molar-refractivity contribution in [2.75, 3.05) is 0 Å². The van der Waals surface area contributed by atoms with E-state index < -0.39 is 0 Å². The van der Waals surface area contributed by atoms with Gasteiger partial charge in [0.1, 0.15) is 6.29 Å². The van der Waals surface area contributed by atoms with Gasteiger partial charge in [-0.15, -0.1) is 0 Å². The fourth-order valence-corrected chi connectivity index (χ4v) is 2.93. The Morgan fingerprint density at radius 2 is 1.25 bits per heavy atom. The third-order valence-electron chi connectivity index (χ3n) is 4.15. The predicted octanol–water partition coefficient (Wildman–Crippen LogP) is 5.21. The predicted molar refractivity (Wildman–Crippen MR) is 99.3 cm³/mol. The molecule has 0 saturated heterocycles. The molecule has 0 aliphatic rings. The SMILES string of the molecule is O=Cc1ccc(C#Cc2c3ccccc3cc3ccccc23)cc1. The third kappa shape index (κ3) is 2.55. The fraction of sp³-hybridized carbons (Fsp3) is 0. The van der Waals surface area contributed by atoms with Crippen LogP contribution in [-0.4, -0.2) is 6.29 Å². The smallest absolute Gasteiger partial charge is 0.150 e. The minimum Gasteiger partial charge on any atom is -0.298 e. The molecule has 0 bridgehead atoms. The molecular formula is C23H14O. The second-order valence-corrected chi connectivity index (χ2v) is 5.68. The van der Waals surface area contributed by atoms with E-state index in [-0.39, 0.29) is 0 Å². The summed E-state index contributed by atoms with van der Waals surface area (Å²) in [5, 5.41) is 4.70. The summed E-state index contributed by atoms with van der Waals surface area (Å²) in [5.74, 6) is 6.58. The monoisotopic (exact) mass is 306 g/mol. The van der Waals surface area contributed by atoms with Crippen LogP contribution in [0.5, 0.6) is 0 Å². The first-order valence-corrected chi connectivity index (χ1v) is 7.83. The minimum atomic E-state index is 0.663. The Labute approximate surface area is 140 Å². The number of benzene rings is 4. The van der Waals surface area contributed by atoms with Crippen LogP contribution in [-0.2, 0) is 0 Å². The van der Waals surface area contributed by atoms with E-state index >= 15 is 0 Å². The minimum absolute atomic E-state index is 0.663. The number of carbonyl (C=O) groups excluding carboxylic acids is 1. The van der Waals surface area contributed by atoms with Crippen molar-refractivity contribution in [1.82, 2.24) is 0 Å². The topological polar surface area (TPSA) is 17.1 Å². The number of rotatable bonds is 1. The average Bonchev–Trinajstić information content (AvgIpc) is 2.65. The third-order valence-corrected chi connectivity index (χ3v) is 4.15. The zero-order valence-electron chi connectivity index (χ0n) is 13.0. The molecule has 0 aliphatic heterocycles. The van der Waals surface area contributed by atoms with Gasteiger partial charge in [0.05, 0.1) is 0 Å². The Bertz CT molecular complexity index is 1060. The van der Waals surface area contributed by atoms with Crippen molar-refractivity contribution >= 4 is 27.8 Å². The molecule has 0 spiro atoms. The normalized spacial score (nSPS) is 10.3. The molecule has 4 aromatic rings. The zero-order valence-corrected chi connectivity index (χ0v) is 13.0. The lowest BCUT2D eigenvalue weighted by atomic mass is 9.97. The van der Waals surface area contributed by atoms with Crippen molar-refractivity contribution in [2.24, 2.45) is 0 Å². The van der Waals surface area contributed by atoms with E-state index in [1.807, 2.05) is 36.4 Å². The Balaban J connectivity index is 1.94. The number of aldehydes is 1. The quantitative estimate of drug-likeness (QED) is 0.268. The Kier molecular flexibility index (Phi) is 3.57. The van der Waals surface area contributed by atoms with Gasteiger partial charge in [-0.2, -0.15) is 0 Å². The first kappa shape index (κ1) is 14.2. The summed E-state index contributed by atoms with van der Waals surface area (Å²) in [6, 6.07) is 26.2. The highest BCUT2D eigenvalue weighted by Gasteiger charge is 2.04. The van der Waals surface area contributed by atoms with E-state index in [0.29, 0.717) is 5.56 Å². The van der Waals surface area contributed by atoms with Gasteiger partial charge in [-0.3, -0.25) is 4.79 Å². The first-order chi connectivity index (χ1) is 11.8. The van der Waals surface area contributed by atoms with E-state index in [1.54, 1.807) is 12.1 Å². The molecule has 0 heterocycles. The maximum atomic E-state index is 10.8. The van der Waals surface area contributed by atoms with Gasteiger partial charge < -0.3 is 0 Å². The first-order valence-electron chi connectivity index (χ1n) is 7.83. The number of hydrogen-bond acceptors (Lipinski definition) is 1. The number of fused-ring (bicyclic) bond motifs is 2. The van der Waals surface area contributed by atoms with Crippen molar-refractivity contribution in [2.45, 2.75) is 0 Å². The van der Waals surface area contributed by atoms with Crippen LogP contribution < -0.4 is 0 Å². The number of hydrogen-bond donors (Lipinski definition) is 0. The van der Waals surface area contributed by atoms with E-state index in [4.69, 9.17) is 0 Å². The molecule has 0 radical (unpaired) electrons. The van der Waals surface area contributed by atoms with E-state index in [2.05, 4.69) is 42.2 Å². The summed E-state index contributed by atoms with van der Waals surface area (Å²) < 4.78 is 0. The molecule has 0 atom stereocenters. The molecular weight excluding hydrogens is 292 g/mol. The molecule has 0 fully saturated rings. The van der Waals surface area contributed by atoms with Gasteiger partial charge >= 0.3 is 0 Å². The zero-order chi connectivity index (χ0) is 16.4. The molecule has 0 unspecified atom stereocenters. The fourth-order valence-electron chi connectivity index (χ4n) is 2.93. The van der Waals surface area contributed by atoms with Gasteiger partial charge in [-0.05, 0) is 39.7 Å². The highest BCUT2D eigenvalue weighted by atomic mass is 16.1. The van der Waals surface area contributed by atoms with Crippen LogP contribution in [0.2, 0.25) is 0 Å². The number of carbonyl (C=O) groups is 1. The Hall–Kier alpha value is -3.37. The van der Waals surface area contributed by atoms with Crippen molar-refractivity contribution in [3.05, 3.63) is 95.6 Å². The second-order valence-electron chi connectivity index (χ2n) is 5.68. The van der Waals surface area contributed by atoms with Crippen molar-refractivity contribution in [1.29, 1.82) is 0 Å². The van der Waals surface area contributed by atoms with Gasteiger partial charge in [0.2, 0.25) is 0 Å². The van der Waals surface area contributed by atoms with Crippen LogP contribution in [0.4, 0.5) is 0 Å². The molecule has 1 nitrogen and oxygen atoms in total. The summed E-state index contributed by atoms with van der Waals surface area (Å²) in [4.78, 5) is 10.8. The van der Waals surface area contributed by atoms with Crippen LogP contribution in [0, 0.1) is 11.8 Å². The van der Waals surface area contributed by atoms with Gasteiger partial charge in [-0.25, -0.2) is 0 Å². The van der Waals surface area contributed by atoms with Crippen molar-refractivity contribution < 1.29 is 4.79 Å². The van der Waals surface area contributed by atoms with Gasteiger partial charge in [0, 0.05) is 16.7 Å². The van der Waals surface area contributed by atoms with Crippen LogP contribution in [0.3, 0.4) is 0 Å². The van der Waals surface area contributed by atoms with Crippen LogP contribution >= 0.6 is 0 Å². The van der Waals surface area contributed by atoms with Gasteiger partial charge in [0.25, 0.3) is 0 Å². The molecule has 1 heteroatoms. The average molecular weight is 306 g/mol. The lowest BCUT2D eigenvalue weighted by Gasteiger charge is -2.06. The summed E-state index contributed by atoms with van der Waals surface area (Å²) in [5.41, 5.74) is 2.61. The van der Waals surface area contributed by atoms with Crippen LogP contribution in [0.1, 0.15) is 21.5 Å². The van der Waals surface area contributed by atoms with E-state index in [9.17, 15) is 4.79 Å². The highest BCUT2D eigenvalue weighted by molar-refractivity contribution is 6.04. The maximum absolute atomic E-state index is 10.8. The van der Waals surface area contributed by atoms with E-state index in [1.165, 1.54) is 10.8 Å².